The largest absolute Gasteiger partial charge is 0.444 e. The second-order valence-corrected chi connectivity index (χ2v) is 11.5. The number of carbonyl (C=O) groups is 1. The number of hydrogen-bond acceptors (Lipinski definition) is 9. The summed E-state index contributed by atoms with van der Waals surface area (Å²) in [7, 11) is 2.13. The molecule has 5 rings (SSSR count). The van der Waals surface area contributed by atoms with Gasteiger partial charge in [0.2, 0.25) is 5.95 Å². The predicted molar refractivity (Wildman–Crippen MR) is 160 cm³/mol. The average Bonchev–Trinajstić information content (AvgIpc) is 3.37. The van der Waals surface area contributed by atoms with Crippen molar-refractivity contribution >= 4 is 35.1 Å². The highest BCUT2D eigenvalue weighted by Crippen LogP contribution is 2.27. The zero-order valence-electron chi connectivity index (χ0n) is 23.8. The van der Waals surface area contributed by atoms with Crippen LogP contribution in [-0.2, 0) is 4.74 Å². The van der Waals surface area contributed by atoms with E-state index in [1.165, 1.54) is 0 Å². The van der Waals surface area contributed by atoms with Gasteiger partial charge in [0.1, 0.15) is 5.60 Å². The Hall–Kier alpha value is -3.96. The quantitative estimate of drug-likeness (QED) is 0.309. The van der Waals surface area contributed by atoms with Gasteiger partial charge in [0.05, 0.1) is 23.6 Å². The lowest BCUT2D eigenvalue weighted by atomic mass is 10.0. The molecule has 0 spiro atoms. The highest BCUT2D eigenvalue weighted by Gasteiger charge is 2.21. The van der Waals surface area contributed by atoms with E-state index in [0.29, 0.717) is 23.9 Å². The molecule has 4 heterocycles. The summed E-state index contributed by atoms with van der Waals surface area (Å²) in [5.41, 5.74) is 2.75. The third-order valence-electron chi connectivity index (χ3n) is 6.79. The van der Waals surface area contributed by atoms with E-state index in [4.69, 9.17) is 26.3 Å². The first-order valence-electron chi connectivity index (χ1n) is 13.7. The Kier molecular flexibility index (Phi) is 8.55. The molecule has 1 amide bonds. The number of likely N-dealkylation sites (N-methyl/N-ethyl adjacent to an activating group) is 1. The number of rotatable bonds is 8. The number of carbonyl (C=O) groups excluding carboxylic acids is 1. The molecule has 1 aliphatic heterocycles. The number of benzene rings is 1. The number of ether oxygens (including phenoxy) is 1. The standard InChI is InChI=1S/C29H36ClN9O2/c1-29(2,3)41-28(40)33-11-8-22(20-6-5-7-21(30)18-20)35-27-32-10-9-23(36-27)24-19-34-26-25(31-12-13-39(24)26)38-16-14-37(4)15-17-38/h5-7,9-10,12-13,18-19,22H,8,11,14-17H2,1-4H3,(H,33,40)(H,32,35,36). The van der Waals surface area contributed by atoms with Crippen LogP contribution in [0.4, 0.5) is 16.6 Å². The summed E-state index contributed by atoms with van der Waals surface area (Å²) in [6.45, 7) is 9.66. The number of nitrogens with one attached hydrogen (secondary N) is 2. The third-order valence-corrected chi connectivity index (χ3v) is 7.02. The minimum Gasteiger partial charge on any atom is -0.444 e. The summed E-state index contributed by atoms with van der Waals surface area (Å²) in [5.74, 6) is 1.32. The number of amides is 1. The minimum atomic E-state index is -0.567. The molecule has 3 aromatic heterocycles. The molecule has 4 aromatic rings. The lowest BCUT2D eigenvalue weighted by Gasteiger charge is -2.33. The van der Waals surface area contributed by atoms with Crippen LogP contribution in [0.1, 0.15) is 38.8 Å². The fourth-order valence-corrected chi connectivity index (χ4v) is 4.94. The van der Waals surface area contributed by atoms with Crippen LogP contribution < -0.4 is 15.5 Å². The van der Waals surface area contributed by atoms with E-state index in [2.05, 4.69) is 37.4 Å². The summed E-state index contributed by atoms with van der Waals surface area (Å²) in [5, 5.41) is 6.89. The molecule has 1 aliphatic rings. The molecular weight excluding hydrogens is 542 g/mol. The van der Waals surface area contributed by atoms with E-state index < -0.39 is 11.7 Å². The maximum atomic E-state index is 12.2. The Bertz CT molecular complexity index is 1500. The molecule has 0 bridgehead atoms. The van der Waals surface area contributed by atoms with Gasteiger partial charge in [-0.05, 0) is 58.0 Å². The Morgan fingerprint density at radius 2 is 1.90 bits per heavy atom. The lowest BCUT2D eigenvalue weighted by molar-refractivity contribution is 0.0526. The van der Waals surface area contributed by atoms with Gasteiger partial charge in [0.15, 0.2) is 11.5 Å². The summed E-state index contributed by atoms with van der Waals surface area (Å²) in [4.78, 5) is 35.5. The molecule has 2 N–H and O–H groups in total. The van der Waals surface area contributed by atoms with Crippen LogP contribution in [0, 0.1) is 0 Å². The summed E-state index contributed by atoms with van der Waals surface area (Å²) >= 11 is 6.30. The lowest BCUT2D eigenvalue weighted by Crippen LogP contribution is -2.45. The van der Waals surface area contributed by atoms with Crippen molar-refractivity contribution in [1.29, 1.82) is 0 Å². The van der Waals surface area contributed by atoms with Crippen LogP contribution in [-0.4, -0.2) is 80.7 Å². The van der Waals surface area contributed by atoms with Crippen LogP contribution in [0.2, 0.25) is 5.02 Å². The van der Waals surface area contributed by atoms with Gasteiger partial charge in [-0.2, -0.15) is 0 Å². The number of hydrogen-bond donors (Lipinski definition) is 2. The van der Waals surface area contributed by atoms with E-state index in [9.17, 15) is 4.79 Å². The van der Waals surface area contributed by atoms with Crippen molar-refractivity contribution in [3.63, 3.8) is 0 Å². The zero-order valence-corrected chi connectivity index (χ0v) is 24.6. The first-order valence-corrected chi connectivity index (χ1v) is 14.1. The van der Waals surface area contributed by atoms with Crippen LogP contribution in [0.15, 0.2) is 55.1 Å². The van der Waals surface area contributed by atoms with Crippen LogP contribution in [0.5, 0.6) is 0 Å². The number of aromatic nitrogens is 5. The first-order chi connectivity index (χ1) is 19.7. The Balaban J connectivity index is 1.36. The van der Waals surface area contributed by atoms with Crippen molar-refractivity contribution in [2.75, 3.05) is 50.0 Å². The molecule has 1 atom stereocenters. The molecule has 1 saturated heterocycles. The SMILES string of the molecule is CN1CCN(c2nccn3c(-c4ccnc(NC(CCNC(=O)OC(C)(C)C)c5cccc(Cl)c5)n4)cnc23)CC1. The maximum Gasteiger partial charge on any atom is 0.407 e. The van der Waals surface area contributed by atoms with Crippen molar-refractivity contribution in [2.24, 2.45) is 0 Å². The molecule has 1 aromatic carbocycles. The van der Waals surface area contributed by atoms with Gasteiger partial charge in [-0.25, -0.2) is 24.7 Å². The maximum absolute atomic E-state index is 12.2. The van der Waals surface area contributed by atoms with Crippen molar-refractivity contribution in [3.8, 4) is 11.4 Å². The number of anilines is 2. The smallest absolute Gasteiger partial charge is 0.407 e. The van der Waals surface area contributed by atoms with Crippen LogP contribution in [0.25, 0.3) is 17.0 Å². The van der Waals surface area contributed by atoms with E-state index in [1.54, 1.807) is 12.4 Å². The number of nitrogens with zero attached hydrogens (tertiary/aromatic N) is 7. The Morgan fingerprint density at radius 3 is 2.66 bits per heavy atom. The number of piperazine rings is 1. The van der Waals surface area contributed by atoms with Gasteiger partial charge < -0.3 is 25.2 Å². The fraction of sp³-hybridized carbons (Fsp3) is 0.414. The molecule has 0 saturated carbocycles. The van der Waals surface area contributed by atoms with Crippen molar-refractivity contribution in [1.82, 2.24) is 34.6 Å². The summed E-state index contributed by atoms with van der Waals surface area (Å²) < 4.78 is 7.39. The van der Waals surface area contributed by atoms with Gasteiger partial charge in [0.25, 0.3) is 0 Å². The number of alkyl carbamates (subject to hydrolysis) is 1. The van der Waals surface area contributed by atoms with Crippen molar-refractivity contribution < 1.29 is 9.53 Å². The minimum absolute atomic E-state index is 0.214. The fourth-order valence-electron chi connectivity index (χ4n) is 4.74. The number of fused-ring (bicyclic) bond motifs is 1. The van der Waals surface area contributed by atoms with Gasteiger partial charge in [-0.1, -0.05) is 23.7 Å². The molecule has 0 radical (unpaired) electrons. The van der Waals surface area contributed by atoms with E-state index in [1.807, 2.05) is 67.9 Å². The molecule has 41 heavy (non-hydrogen) atoms. The normalized spacial score (nSPS) is 15.1. The van der Waals surface area contributed by atoms with Gasteiger partial charge in [-0.15, -0.1) is 0 Å². The van der Waals surface area contributed by atoms with E-state index >= 15 is 0 Å². The molecular formula is C29H36ClN9O2. The highest BCUT2D eigenvalue weighted by atomic mass is 35.5. The first kappa shape index (κ1) is 28.6. The molecule has 0 aliphatic carbocycles. The molecule has 11 nitrogen and oxygen atoms in total. The topological polar surface area (TPSA) is 113 Å². The van der Waals surface area contributed by atoms with Crippen LogP contribution in [0.3, 0.4) is 0 Å². The number of halogens is 1. The molecule has 1 unspecified atom stereocenters. The van der Waals surface area contributed by atoms with Crippen molar-refractivity contribution in [3.05, 3.63) is 65.7 Å². The molecule has 12 heteroatoms. The summed E-state index contributed by atoms with van der Waals surface area (Å²) in [6.07, 6.45) is 7.35. The van der Waals surface area contributed by atoms with Gasteiger partial charge in [-0.3, -0.25) is 4.40 Å². The van der Waals surface area contributed by atoms with Gasteiger partial charge >= 0.3 is 6.09 Å². The highest BCUT2D eigenvalue weighted by molar-refractivity contribution is 6.30. The summed E-state index contributed by atoms with van der Waals surface area (Å²) in [6, 6.07) is 9.26. The number of imidazole rings is 1. The monoisotopic (exact) mass is 577 g/mol. The van der Waals surface area contributed by atoms with E-state index in [0.717, 1.165) is 54.6 Å². The Morgan fingerprint density at radius 1 is 1.10 bits per heavy atom. The second-order valence-electron chi connectivity index (χ2n) is 11.1. The third kappa shape index (κ3) is 7.22. The molecule has 1 fully saturated rings. The zero-order chi connectivity index (χ0) is 29.0. The average molecular weight is 578 g/mol. The Labute approximate surface area is 244 Å². The van der Waals surface area contributed by atoms with Crippen LogP contribution >= 0.6 is 11.6 Å². The van der Waals surface area contributed by atoms with Crippen molar-refractivity contribution in [2.45, 2.75) is 38.8 Å². The van der Waals surface area contributed by atoms with Gasteiger partial charge in [0, 0.05) is 56.3 Å². The second kappa shape index (κ2) is 12.3. The van der Waals surface area contributed by atoms with E-state index in [-0.39, 0.29) is 6.04 Å². The molecule has 216 valence electrons. The predicted octanol–water partition coefficient (Wildman–Crippen LogP) is 4.66.